The molecule has 16 heavy (non-hydrogen) atoms. The van der Waals surface area contributed by atoms with E-state index in [1.165, 1.54) is 0 Å². The maximum absolute atomic E-state index is 5.89. The molecule has 0 saturated heterocycles. The van der Waals surface area contributed by atoms with Gasteiger partial charge in [-0.05, 0) is 6.07 Å². The van der Waals surface area contributed by atoms with Crippen molar-refractivity contribution in [1.29, 1.82) is 0 Å². The van der Waals surface area contributed by atoms with Crippen LogP contribution in [0.1, 0.15) is 31.3 Å². The average molecular weight is 237 g/mol. The summed E-state index contributed by atoms with van der Waals surface area (Å²) in [6.07, 6.45) is 5.34. The highest BCUT2D eigenvalue weighted by Gasteiger charge is 2.10. The third-order valence-corrected chi connectivity index (χ3v) is 2.51. The molecule has 5 heteroatoms. The number of rotatable bonds is 3. The molecule has 2 aromatic heterocycles. The van der Waals surface area contributed by atoms with Crippen molar-refractivity contribution >= 4 is 11.6 Å². The van der Waals surface area contributed by atoms with Gasteiger partial charge in [-0.3, -0.25) is 0 Å². The van der Waals surface area contributed by atoms with Crippen LogP contribution in [0.3, 0.4) is 0 Å². The smallest absolute Gasteiger partial charge is 0.131 e. The van der Waals surface area contributed by atoms with Crippen LogP contribution in [0, 0.1) is 0 Å². The van der Waals surface area contributed by atoms with Gasteiger partial charge in [0, 0.05) is 18.3 Å². The lowest BCUT2D eigenvalue weighted by atomic mass is 10.2. The van der Waals surface area contributed by atoms with Crippen LogP contribution < -0.4 is 0 Å². The molecule has 0 aliphatic heterocycles. The molecule has 2 heterocycles. The average Bonchev–Trinajstić information content (AvgIpc) is 2.81. The molecule has 0 unspecified atom stereocenters. The largest absolute Gasteiger partial charge is 0.239 e. The fraction of sp³-hybridized carbons (Fsp3) is 0.364. The van der Waals surface area contributed by atoms with Gasteiger partial charge in [0.05, 0.1) is 17.8 Å². The van der Waals surface area contributed by atoms with Crippen LogP contribution in [0.5, 0.6) is 0 Å². The standard InChI is InChI=1S/C11H13ClN4/c1-8(2)11-13-7-10(9(6-12)15-11)16-5-3-4-14-16/h3-5,7-8H,6H2,1-2H3. The van der Waals surface area contributed by atoms with E-state index in [4.69, 9.17) is 11.6 Å². The van der Waals surface area contributed by atoms with Crippen LogP contribution in [-0.4, -0.2) is 19.7 Å². The van der Waals surface area contributed by atoms with E-state index >= 15 is 0 Å². The van der Waals surface area contributed by atoms with Crippen LogP contribution >= 0.6 is 11.6 Å². The summed E-state index contributed by atoms with van der Waals surface area (Å²) in [6, 6.07) is 1.86. The summed E-state index contributed by atoms with van der Waals surface area (Å²) in [4.78, 5) is 8.75. The molecule has 0 atom stereocenters. The number of hydrogen-bond acceptors (Lipinski definition) is 3. The Morgan fingerprint density at radius 3 is 2.81 bits per heavy atom. The van der Waals surface area contributed by atoms with E-state index in [0.29, 0.717) is 11.8 Å². The lowest BCUT2D eigenvalue weighted by molar-refractivity contribution is 0.748. The van der Waals surface area contributed by atoms with Gasteiger partial charge in [-0.1, -0.05) is 13.8 Å². The highest BCUT2D eigenvalue weighted by Crippen LogP contribution is 2.16. The van der Waals surface area contributed by atoms with Gasteiger partial charge in [-0.25, -0.2) is 14.6 Å². The third-order valence-electron chi connectivity index (χ3n) is 2.26. The predicted octanol–water partition coefficient (Wildman–Crippen LogP) is 2.52. The van der Waals surface area contributed by atoms with E-state index in [-0.39, 0.29) is 0 Å². The third kappa shape index (κ3) is 2.07. The normalized spacial score (nSPS) is 11.0. The fourth-order valence-electron chi connectivity index (χ4n) is 1.41. The first-order valence-electron chi connectivity index (χ1n) is 5.14. The van der Waals surface area contributed by atoms with Gasteiger partial charge < -0.3 is 0 Å². The summed E-state index contributed by atoms with van der Waals surface area (Å²) >= 11 is 5.89. The first-order valence-corrected chi connectivity index (χ1v) is 5.67. The molecular weight excluding hydrogens is 224 g/mol. The second-order valence-electron chi connectivity index (χ2n) is 3.80. The zero-order valence-electron chi connectivity index (χ0n) is 9.26. The minimum Gasteiger partial charge on any atom is -0.239 e. The zero-order chi connectivity index (χ0) is 11.5. The Morgan fingerprint density at radius 2 is 2.25 bits per heavy atom. The first-order chi connectivity index (χ1) is 7.72. The Balaban J connectivity index is 2.47. The minimum absolute atomic E-state index is 0.300. The Bertz CT molecular complexity index is 465. The van der Waals surface area contributed by atoms with E-state index in [9.17, 15) is 0 Å². The molecule has 2 rings (SSSR count). The van der Waals surface area contributed by atoms with Gasteiger partial charge in [0.1, 0.15) is 11.5 Å². The highest BCUT2D eigenvalue weighted by atomic mass is 35.5. The topological polar surface area (TPSA) is 43.6 Å². The minimum atomic E-state index is 0.300. The van der Waals surface area contributed by atoms with Crippen LogP contribution in [0.25, 0.3) is 5.69 Å². The van der Waals surface area contributed by atoms with Gasteiger partial charge in [0.2, 0.25) is 0 Å². The number of nitrogens with zero attached hydrogens (tertiary/aromatic N) is 4. The van der Waals surface area contributed by atoms with Gasteiger partial charge >= 0.3 is 0 Å². The summed E-state index contributed by atoms with van der Waals surface area (Å²) in [6.45, 7) is 4.11. The molecule has 0 aromatic carbocycles. The molecule has 0 N–H and O–H groups in total. The maximum atomic E-state index is 5.89. The van der Waals surface area contributed by atoms with E-state index in [2.05, 4.69) is 28.9 Å². The Hall–Kier alpha value is -1.42. The highest BCUT2D eigenvalue weighted by molar-refractivity contribution is 6.17. The molecule has 2 aromatic rings. The SMILES string of the molecule is CC(C)c1ncc(-n2cccn2)c(CCl)n1. The molecule has 0 spiro atoms. The molecule has 0 amide bonds. The number of alkyl halides is 1. The van der Waals surface area contributed by atoms with Gasteiger partial charge in [0.15, 0.2) is 0 Å². The molecular formula is C11H13ClN4. The van der Waals surface area contributed by atoms with Crippen molar-refractivity contribution < 1.29 is 0 Å². The summed E-state index contributed by atoms with van der Waals surface area (Å²) in [5.41, 5.74) is 1.65. The van der Waals surface area contributed by atoms with Crippen LogP contribution in [0.2, 0.25) is 0 Å². The van der Waals surface area contributed by atoms with Gasteiger partial charge in [0.25, 0.3) is 0 Å². The van der Waals surface area contributed by atoms with Crippen LogP contribution in [0.4, 0.5) is 0 Å². The van der Waals surface area contributed by atoms with Crippen molar-refractivity contribution in [2.24, 2.45) is 0 Å². The molecule has 0 saturated carbocycles. The molecule has 0 aliphatic carbocycles. The molecule has 4 nitrogen and oxygen atoms in total. The monoisotopic (exact) mass is 236 g/mol. The second kappa shape index (κ2) is 4.61. The van der Waals surface area contributed by atoms with Crippen LogP contribution in [0.15, 0.2) is 24.7 Å². The number of aromatic nitrogens is 4. The Labute approximate surface area is 99.3 Å². The zero-order valence-corrected chi connectivity index (χ0v) is 10.0. The summed E-state index contributed by atoms with van der Waals surface area (Å²) < 4.78 is 1.72. The summed E-state index contributed by atoms with van der Waals surface area (Å²) in [5, 5.41) is 4.15. The summed E-state index contributed by atoms with van der Waals surface area (Å²) in [7, 11) is 0. The second-order valence-corrected chi connectivity index (χ2v) is 4.07. The van der Waals surface area contributed by atoms with Gasteiger partial charge in [-0.2, -0.15) is 5.10 Å². The lowest BCUT2D eigenvalue weighted by Gasteiger charge is -2.09. The van der Waals surface area contributed by atoms with Crippen molar-refractivity contribution in [3.05, 3.63) is 36.2 Å². The molecule has 84 valence electrons. The number of halogens is 1. The van der Waals surface area contributed by atoms with Gasteiger partial charge in [-0.15, -0.1) is 11.6 Å². The Kier molecular flexibility index (Phi) is 3.19. The number of hydrogen-bond donors (Lipinski definition) is 0. The van der Waals surface area contributed by atoms with Crippen molar-refractivity contribution in [1.82, 2.24) is 19.7 Å². The maximum Gasteiger partial charge on any atom is 0.131 e. The van der Waals surface area contributed by atoms with E-state index in [0.717, 1.165) is 17.2 Å². The van der Waals surface area contributed by atoms with Crippen LogP contribution in [-0.2, 0) is 5.88 Å². The predicted molar refractivity (Wildman–Crippen MR) is 62.8 cm³/mol. The Morgan fingerprint density at radius 1 is 1.44 bits per heavy atom. The molecule has 0 fully saturated rings. The van der Waals surface area contributed by atoms with E-state index in [1.807, 2.05) is 12.3 Å². The summed E-state index contributed by atoms with van der Waals surface area (Å²) in [5.74, 6) is 1.47. The molecule has 0 bridgehead atoms. The van der Waals surface area contributed by atoms with E-state index < -0.39 is 0 Å². The molecule has 0 radical (unpaired) electrons. The van der Waals surface area contributed by atoms with Crippen molar-refractivity contribution in [3.63, 3.8) is 0 Å². The lowest BCUT2D eigenvalue weighted by Crippen LogP contribution is -2.07. The fourth-order valence-corrected chi connectivity index (χ4v) is 1.60. The van der Waals surface area contributed by atoms with Crippen molar-refractivity contribution in [2.75, 3.05) is 0 Å². The first kappa shape index (κ1) is 11.1. The quantitative estimate of drug-likeness (QED) is 0.770. The van der Waals surface area contributed by atoms with Crippen molar-refractivity contribution in [3.8, 4) is 5.69 Å². The van der Waals surface area contributed by atoms with E-state index in [1.54, 1.807) is 17.1 Å². The van der Waals surface area contributed by atoms with Crippen molar-refractivity contribution in [2.45, 2.75) is 25.6 Å². The molecule has 0 aliphatic rings.